The first-order valence-electron chi connectivity index (χ1n) is 8.57. The van der Waals surface area contributed by atoms with Gasteiger partial charge in [0.05, 0.1) is 6.42 Å². The lowest BCUT2D eigenvalue weighted by molar-refractivity contribution is -0.137. The zero-order valence-corrected chi connectivity index (χ0v) is 15.2. The number of ether oxygens (including phenoxy) is 1. The molecule has 0 aromatic heterocycles. The van der Waals surface area contributed by atoms with Gasteiger partial charge >= 0.3 is 5.97 Å². The fourth-order valence-corrected chi connectivity index (χ4v) is 2.55. The maximum atomic E-state index is 11.2. The molecule has 2 N–H and O–H groups in total. The fraction of sp³-hybridized carbons (Fsp3) is 0.381. The van der Waals surface area contributed by atoms with Crippen molar-refractivity contribution in [2.45, 2.75) is 45.3 Å². The molecule has 25 heavy (non-hydrogen) atoms. The molecular formula is C21H27NO3. The Balaban J connectivity index is 2.08. The first kappa shape index (κ1) is 19.0. The van der Waals surface area contributed by atoms with Crippen molar-refractivity contribution in [2.75, 3.05) is 6.54 Å². The molecule has 1 unspecified atom stereocenters. The van der Waals surface area contributed by atoms with Crippen molar-refractivity contribution in [1.82, 2.24) is 5.32 Å². The van der Waals surface area contributed by atoms with Gasteiger partial charge in [-0.2, -0.15) is 0 Å². The van der Waals surface area contributed by atoms with E-state index in [1.807, 2.05) is 54.6 Å². The van der Waals surface area contributed by atoms with Gasteiger partial charge in [0.25, 0.3) is 0 Å². The number of hydrogen-bond donors (Lipinski definition) is 2. The Morgan fingerprint density at radius 2 is 1.84 bits per heavy atom. The van der Waals surface area contributed by atoms with Crippen LogP contribution in [0.15, 0.2) is 54.6 Å². The van der Waals surface area contributed by atoms with E-state index in [2.05, 4.69) is 26.1 Å². The van der Waals surface area contributed by atoms with Crippen LogP contribution in [-0.2, 0) is 11.4 Å². The largest absolute Gasteiger partial charge is 0.489 e. The molecule has 4 nitrogen and oxygen atoms in total. The van der Waals surface area contributed by atoms with Crippen LogP contribution in [0.2, 0.25) is 0 Å². The summed E-state index contributed by atoms with van der Waals surface area (Å²) in [5.41, 5.74) is 2.02. The zero-order valence-electron chi connectivity index (χ0n) is 15.2. The average Bonchev–Trinajstić information content (AvgIpc) is 2.57. The fourth-order valence-electron chi connectivity index (χ4n) is 2.55. The van der Waals surface area contributed by atoms with Gasteiger partial charge in [0.2, 0.25) is 0 Å². The van der Waals surface area contributed by atoms with Crippen LogP contribution in [0.3, 0.4) is 0 Å². The Bertz CT molecular complexity index is 677. The lowest BCUT2D eigenvalue weighted by Crippen LogP contribution is -2.39. The highest BCUT2D eigenvalue weighted by molar-refractivity contribution is 5.68. The lowest BCUT2D eigenvalue weighted by atomic mass is 9.94. The van der Waals surface area contributed by atoms with E-state index in [-0.39, 0.29) is 17.9 Å². The van der Waals surface area contributed by atoms with E-state index in [1.165, 1.54) is 0 Å². The Labute approximate surface area is 149 Å². The molecule has 2 aromatic carbocycles. The quantitative estimate of drug-likeness (QED) is 0.755. The maximum absolute atomic E-state index is 11.2. The van der Waals surface area contributed by atoms with E-state index >= 15 is 0 Å². The van der Waals surface area contributed by atoms with Crippen molar-refractivity contribution < 1.29 is 14.6 Å². The van der Waals surface area contributed by atoms with E-state index in [9.17, 15) is 9.90 Å². The predicted molar refractivity (Wildman–Crippen MR) is 100.0 cm³/mol. The molecule has 134 valence electrons. The minimum Gasteiger partial charge on any atom is -0.489 e. The average molecular weight is 341 g/mol. The number of rotatable bonds is 8. The molecule has 1 atom stereocenters. The summed E-state index contributed by atoms with van der Waals surface area (Å²) in [6.07, 6.45) is 0.0885. The van der Waals surface area contributed by atoms with Crippen LogP contribution >= 0.6 is 0 Å². The first-order chi connectivity index (χ1) is 11.8. The van der Waals surface area contributed by atoms with Crippen LogP contribution in [0.5, 0.6) is 5.75 Å². The van der Waals surface area contributed by atoms with E-state index in [4.69, 9.17) is 4.74 Å². The van der Waals surface area contributed by atoms with Crippen molar-refractivity contribution in [3.05, 3.63) is 65.7 Å². The zero-order chi connectivity index (χ0) is 18.3. The van der Waals surface area contributed by atoms with Gasteiger partial charge in [-0.3, -0.25) is 4.79 Å². The molecule has 0 heterocycles. The van der Waals surface area contributed by atoms with Crippen LogP contribution in [0, 0.1) is 0 Å². The Kier molecular flexibility index (Phi) is 6.59. The van der Waals surface area contributed by atoms with Crippen molar-refractivity contribution in [2.24, 2.45) is 0 Å². The normalized spacial score (nSPS) is 12.6. The summed E-state index contributed by atoms with van der Waals surface area (Å²) in [6, 6.07) is 17.7. The molecule has 4 heteroatoms. The maximum Gasteiger partial charge on any atom is 0.304 e. The summed E-state index contributed by atoms with van der Waals surface area (Å²) in [6.45, 7) is 7.32. The van der Waals surface area contributed by atoms with Crippen LogP contribution in [-0.4, -0.2) is 23.2 Å². The SMILES string of the molecule is CC(C)(C)NCC(CC(=O)O)c1cccc(OCc2ccccc2)c1. The number of nitrogens with one attached hydrogen (secondary N) is 1. The molecule has 0 spiro atoms. The third-order valence-corrected chi connectivity index (χ3v) is 3.88. The van der Waals surface area contributed by atoms with Gasteiger partial charge < -0.3 is 15.2 Å². The molecule has 0 saturated heterocycles. The highest BCUT2D eigenvalue weighted by Gasteiger charge is 2.19. The Morgan fingerprint density at radius 3 is 2.48 bits per heavy atom. The molecule has 0 amide bonds. The first-order valence-corrected chi connectivity index (χ1v) is 8.57. The minimum absolute atomic E-state index is 0.0574. The standard InChI is InChI=1S/C21H27NO3/c1-21(2,3)22-14-18(13-20(23)24)17-10-7-11-19(12-17)25-15-16-8-5-4-6-9-16/h4-12,18,22H,13-15H2,1-3H3,(H,23,24). The Morgan fingerprint density at radius 1 is 1.12 bits per heavy atom. The van der Waals surface area contributed by atoms with Crippen molar-refractivity contribution >= 4 is 5.97 Å². The van der Waals surface area contributed by atoms with Gasteiger partial charge in [-0.15, -0.1) is 0 Å². The van der Waals surface area contributed by atoms with E-state index in [0.29, 0.717) is 13.2 Å². The van der Waals surface area contributed by atoms with Crippen LogP contribution in [0.25, 0.3) is 0 Å². The van der Waals surface area contributed by atoms with Gasteiger partial charge in [0.15, 0.2) is 0 Å². The number of aliphatic carboxylic acids is 1. The molecule has 0 fully saturated rings. The minimum atomic E-state index is -0.795. The second-order valence-electron chi connectivity index (χ2n) is 7.27. The smallest absolute Gasteiger partial charge is 0.304 e. The predicted octanol–water partition coefficient (Wildman–Crippen LogP) is 4.21. The Hall–Kier alpha value is -2.33. The van der Waals surface area contributed by atoms with Crippen LogP contribution < -0.4 is 10.1 Å². The highest BCUT2D eigenvalue weighted by Crippen LogP contribution is 2.24. The van der Waals surface area contributed by atoms with Gasteiger partial charge in [-0.25, -0.2) is 0 Å². The molecule has 0 bridgehead atoms. The van der Waals surface area contributed by atoms with Crippen molar-refractivity contribution in [1.29, 1.82) is 0 Å². The summed E-state index contributed by atoms with van der Waals surface area (Å²) in [4.78, 5) is 11.2. The second kappa shape index (κ2) is 8.67. The molecule has 0 aliphatic carbocycles. The summed E-state index contributed by atoms with van der Waals surface area (Å²) >= 11 is 0. The molecule has 2 aromatic rings. The summed E-state index contributed by atoms with van der Waals surface area (Å²) in [7, 11) is 0. The van der Waals surface area contributed by atoms with Gasteiger partial charge in [-0.1, -0.05) is 42.5 Å². The topological polar surface area (TPSA) is 58.6 Å². The monoisotopic (exact) mass is 341 g/mol. The number of carboxylic acids is 1. The van der Waals surface area contributed by atoms with E-state index in [1.54, 1.807) is 0 Å². The van der Waals surface area contributed by atoms with Gasteiger partial charge in [0, 0.05) is 18.0 Å². The van der Waals surface area contributed by atoms with Gasteiger partial charge in [-0.05, 0) is 44.0 Å². The van der Waals surface area contributed by atoms with Crippen LogP contribution in [0.4, 0.5) is 0 Å². The lowest BCUT2D eigenvalue weighted by Gasteiger charge is -2.25. The summed E-state index contributed by atoms with van der Waals surface area (Å²) in [5.74, 6) is -0.138. The van der Waals surface area contributed by atoms with Crippen molar-refractivity contribution in [3.8, 4) is 5.75 Å². The summed E-state index contributed by atoms with van der Waals surface area (Å²) < 4.78 is 5.87. The highest BCUT2D eigenvalue weighted by atomic mass is 16.5. The number of benzene rings is 2. The van der Waals surface area contributed by atoms with E-state index in [0.717, 1.165) is 16.9 Å². The third kappa shape index (κ3) is 6.98. The van der Waals surface area contributed by atoms with Gasteiger partial charge in [0.1, 0.15) is 12.4 Å². The molecule has 0 aliphatic rings. The number of hydrogen-bond acceptors (Lipinski definition) is 3. The second-order valence-corrected chi connectivity index (χ2v) is 7.27. The molecule has 0 aliphatic heterocycles. The summed E-state index contributed by atoms with van der Waals surface area (Å²) in [5, 5.41) is 12.6. The molecule has 0 radical (unpaired) electrons. The number of carboxylic acid groups (broad SMARTS) is 1. The number of carbonyl (C=O) groups is 1. The third-order valence-electron chi connectivity index (χ3n) is 3.88. The van der Waals surface area contributed by atoms with Crippen molar-refractivity contribution in [3.63, 3.8) is 0 Å². The molecule has 0 saturated carbocycles. The van der Waals surface area contributed by atoms with E-state index < -0.39 is 5.97 Å². The van der Waals surface area contributed by atoms with Crippen LogP contribution in [0.1, 0.15) is 44.2 Å². The molecular weight excluding hydrogens is 314 g/mol. The molecule has 2 rings (SSSR count).